The van der Waals surface area contributed by atoms with Crippen molar-refractivity contribution in [2.45, 2.75) is 25.4 Å². The van der Waals surface area contributed by atoms with Crippen LogP contribution in [0.2, 0.25) is 0 Å². The average molecular weight is 144 g/mol. The van der Waals surface area contributed by atoms with Gasteiger partial charge in [0.2, 0.25) is 0 Å². The van der Waals surface area contributed by atoms with E-state index in [1.165, 1.54) is 7.11 Å². The van der Waals surface area contributed by atoms with Crippen LogP contribution >= 0.6 is 0 Å². The zero-order valence-electron chi connectivity index (χ0n) is 6.13. The summed E-state index contributed by atoms with van der Waals surface area (Å²) in [6, 6.07) is 0. The van der Waals surface area contributed by atoms with Crippen molar-refractivity contribution < 1.29 is 14.3 Å². The third kappa shape index (κ3) is 1.70. The van der Waals surface area contributed by atoms with Crippen LogP contribution in [0.25, 0.3) is 0 Å². The van der Waals surface area contributed by atoms with Gasteiger partial charge in [0.15, 0.2) is 6.10 Å². The lowest BCUT2D eigenvalue weighted by Crippen LogP contribution is -2.28. The number of rotatable bonds is 1. The van der Waals surface area contributed by atoms with E-state index in [1.54, 1.807) is 0 Å². The van der Waals surface area contributed by atoms with E-state index in [9.17, 15) is 4.79 Å². The van der Waals surface area contributed by atoms with Gasteiger partial charge in [-0.05, 0) is 19.3 Å². The van der Waals surface area contributed by atoms with Crippen LogP contribution in [0, 0.1) is 0 Å². The summed E-state index contributed by atoms with van der Waals surface area (Å²) < 4.78 is 9.68. The highest BCUT2D eigenvalue weighted by Crippen LogP contribution is 2.13. The van der Waals surface area contributed by atoms with Gasteiger partial charge in [-0.25, -0.2) is 4.79 Å². The summed E-state index contributed by atoms with van der Waals surface area (Å²) in [6.45, 7) is 0.694. The standard InChI is InChI=1S/C7H12O3/c1-9-7(8)6-4-2-3-5-10-6/h6H,2-5H2,1H3/t6-/m0/s1. The fraction of sp³-hybridized carbons (Fsp3) is 0.857. The molecule has 0 bridgehead atoms. The lowest BCUT2D eigenvalue weighted by Gasteiger charge is -2.19. The van der Waals surface area contributed by atoms with Crippen molar-refractivity contribution in [3.05, 3.63) is 0 Å². The molecule has 0 unspecified atom stereocenters. The number of ether oxygens (including phenoxy) is 2. The Labute approximate surface area is 60.3 Å². The molecule has 10 heavy (non-hydrogen) atoms. The maximum atomic E-state index is 10.8. The van der Waals surface area contributed by atoms with E-state index in [4.69, 9.17) is 4.74 Å². The molecule has 1 heterocycles. The van der Waals surface area contributed by atoms with Crippen LogP contribution in [0.1, 0.15) is 19.3 Å². The van der Waals surface area contributed by atoms with E-state index < -0.39 is 0 Å². The smallest absolute Gasteiger partial charge is 0.334 e. The van der Waals surface area contributed by atoms with Crippen molar-refractivity contribution in [2.24, 2.45) is 0 Å². The number of methoxy groups -OCH3 is 1. The molecule has 3 nitrogen and oxygen atoms in total. The molecular formula is C7H12O3. The van der Waals surface area contributed by atoms with Gasteiger partial charge in [0.25, 0.3) is 0 Å². The Balaban J connectivity index is 2.31. The maximum Gasteiger partial charge on any atom is 0.334 e. The highest BCUT2D eigenvalue weighted by molar-refractivity contribution is 5.74. The molecule has 1 aliphatic rings. The average Bonchev–Trinajstić information content (AvgIpc) is 2.05. The normalized spacial score (nSPS) is 25.9. The summed E-state index contributed by atoms with van der Waals surface area (Å²) in [5.74, 6) is -0.236. The van der Waals surface area contributed by atoms with Crippen LogP contribution in [0.3, 0.4) is 0 Å². The van der Waals surface area contributed by atoms with Gasteiger partial charge in [-0.2, -0.15) is 0 Å². The molecule has 58 valence electrons. The molecule has 3 heteroatoms. The molecule has 0 aromatic carbocycles. The Hall–Kier alpha value is -0.570. The van der Waals surface area contributed by atoms with Crippen molar-refractivity contribution in [3.8, 4) is 0 Å². The van der Waals surface area contributed by atoms with Gasteiger partial charge in [0.05, 0.1) is 7.11 Å². The minimum atomic E-state index is -0.293. The van der Waals surface area contributed by atoms with Crippen molar-refractivity contribution in [3.63, 3.8) is 0 Å². The number of hydrogen-bond acceptors (Lipinski definition) is 3. The van der Waals surface area contributed by atoms with Crippen LogP contribution in [0.15, 0.2) is 0 Å². The number of carbonyl (C=O) groups excluding carboxylic acids is 1. The van der Waals surface area contributed by atoms with Crippen LogP contribution in [0.5, 0.6) is 0 Å². The van der Waals surface area contributed by atoms with Crippen molar-refractivity contribution in [2.75, 3.05) is 13.7 Å². The first-order valence-electron chi connectivity index (χ1n) is 3.54. The molecule has 1 rings (SSSR count). The maximum absolute atomic E-state index is 10.8. The van der Waals surface area contributed by atoms with E-state index in [0.29, 0.717) is 6.61 Å². The molecule has 1 aliphatic heterocycles. The van der Waals surface area contributed by atoms with Crippen LogP contribution in [-0.2, 0) is 14.3 Å². The Kier molecular flexibility index (Phi) is 2.68. The van der Waals surface area contributed by atoms with Gasteiger partial charge >= 0.3 is 5.97 Å². The van der Waals surface area contributed by atoms with Crippen molar-refractivity contribution >= 4 is 5.97 Å². The fourth-order valence-corrected chi connectivity index (χ4v) is 1.06. The molecule has 0 aliphatic carbocycles. The van der Waals surface area contributed by atoms with Gasteiger partial charge < -0.3 is 9.47 Å². The molecule has 0 saturated carbocycles. The van der Waals surface area contributed by atoms with E-state index >= 15 is 0 Å². The van der Waals surface area contributed by atoms with Crippen LogP contribution < -0.4 is 0 Å². The Morgan fingerprint density at radius 1 is 1.60 bits per heavy atom. The predicted octanol–water partition coefficient (Wildman–Crippen LogP) is 0.728. The van der Waals surface area contributed by atoms with Gasteiger partial charge in [-0.15, -0.1) is 0 Å². The molecule has 0 amide bonds. The second-order valence-corrected chi connectivity index (χ2v) is 2.38. The molecular weight excluding hydrogens is 132 g/mol. The number of carbonyl (C=O) groups is 1. The highest BCUT2D eigenvalue weighted by atomic mass is 16.6. The molecule has 0 aromatic rings. The second kappa shape index (κ2) is 3.56. The molecule has 1 fully saturated rings. The molecule has 0 radical (unpaired) electrons. The Morgan fingerprint density at radius 3 is 2.90 bits per heavy atom. The van der Waals surface area contributed by atoms with Crippen LogP contribution in [-0.4, -0.2) is 25.8 Å². The monoisotopic (exact) mass is 144 g/mol. The number of hydrogen-bond donors (Lipinski definition) is 0. The lowest BCUT2D eigenvalue weighted by atomic mass is 10.1. The highest BCUT2D eigenvalue weighted by Gasteiger charge is 2.21. The first-order valence-corrected chi connectivity index (χ1v) is 3.54. The third-order valence-electron chi connectivity index (χ3n) is 1.64. The zero-order chi connectivity index (χ0) is 7.40. The van der Waals surface area contributed by atoms with E-state index in [0.717, 1.165) is 19.3 Å². The van der Waals surface area contributed by atoms with Crippen molar-refractivity contribution in [1.82, 2.24) is 0 Å². The Bertz CT molecular complexity index is 116. The minimum absolute atomic E-state index is 0.236. The summed E-state index contributed by atoms with van der Waals surface area (Å²) in [7, 11) is 1.39. The van der Waals surface area contributed by atoms with Crippen molar-refractivity contribution in [1.29, 1.82) is 0 Å². The molecule has 0 spiro atoms. The number of esters is 1. The van der Waals surface area contributed by atoms with Gasteiger partial charge in [-0.3, -0.25) is 0 Å². The largest absolute Gasteiger partial charge is 0.467 e. The molecule has 1 saturated heterocycles. The quantitative estimate of drug-likeness (QED) is 0.509. The summed E-state index contributed by atoms with van der Waals surface area (Å²) in [5, 5.41) is 0. The summed E-state index contributed by atoms with van der Waals surface area (Å²) in [4.78, 5) is 10.8. The van der Waals surface area contributed by atoms with Crippen LogP contribution in [0.4, 0.5) is 0 Å². The van der Waals surface area contributed by atoms with Gasteiger partial charge in [0.1, 0.15) is 0 Å². The van der Waals surface area contributed by atoms with E-state index in [2.05, 4.69) is 4.74 Å². The minimum Gasteiger partial charge on any atom is -0.467 e. The predicted molar refractivity (Wildman–Crippen MR) is 35.6 cm³/mol. The van der Waals surface area contributed by atoms with Gasteiger partial charge in [0, 0.05) is 6.61 Å². The van der Waals surface area contributed by atoms with E-state index in [1.807, 2.05) is 0 Å². The van der Waals surface area contributed by atoms with Gasteiger partial charge in [-0.1, -0.05) is 0 Å². The van der Waals surface area contributed by atoms with E-state index in [-0.39, 0.29) is 12.1 Å². The zero-order valence-corrected chi connectivity index (χ0v) is 6.13. The first kappa shape index (κ1) is 7.54. The molecule has 0 aromatic heterocycles. The molecule has 0 N–H and O–H groups in total. The second-order valence-electron chi connectivity index (χ2n) is 2.38. The topological polar surface area (TPSA) is 35.5 Å². The molecule has 1 atom stereocenters. The Morgan fingerprint density at radius 2 is 2.40 bits per heavy atom. The lowest BCUT2D eigenvalue weighted by molar-refractivity contribution is -0.156. The summed E-state index contributed by atoms with van der Waals surface area (Å²) in [5.41, 5.74) is 0. The fourth-order valence-electron chi connectivity index (χ4n) is 1.06. The summed E-state index contributed by atoms with van der Waals surface area (Å²) in [6.07, 6.45) is 2.65. The third-order valence-corrected chi connectivity index (χ3v) is 1.64. The SMILES string of the molecule is COC(=O)[C@@H]1CCCCO1. The summed E-state index contributed by atoms with van der Waals surface area (Å²) >= 11 is 0. The first-order chi connectivity index (χ1) is 4.84.